The zero-order valence-electron chi connectivity index (χ0n) is 23.1. The second kappa shape index (κ2) is 11.0. The highest BCUT2D eigenvalue weighted by atomic mass is 31.2. The van der Waals surface area contributed by atoms with E-state index in [-0.39, 0.29) is 10.8 Å². The number of hydrogen-bond acceptors (Lipinski definition) is 4. The van der Waals surface area contributed by atoms with Gasteiger partial charge in [0.2, 0.25) is 0 Å². The van der Waals surface area contributed by atoms with Gasteiger partial charge < -0.3 is 13.6 Å². The van der Waals surface area contributed by atoms with Crippen molar-refractivity contribution in [3.63, 3.8) is 0 Å². The SMILES string of the molecule is CC(C)(C)c1ccc(OP(=O)(Oc2ccc(C3CCCCC3)cc2)Oc2ccc(C(C)(C)C)cc2)cc1. The van der Waals surface area contributed by atoms with Gasteiger partial charge in [0, 0.05) is 0 Å². The quantitative estimate of drug-likeness (QED) is 0.291. The van der Waals surface area contributed by atoms with E-state index in [0.29, 0.717) is 23.2 Å². The summed E-state index contributed by atoms with van der Waals surface area (Å²) in [7, 11) is -4.04. The van der Waals surface area contributed by atoms with Crippen molar-refractivity contribution < 1.29 is 18.1 Å². The van der Waals surface area contributed by atoms with E-state index < -0.39 is 7.82 Å². The lowest BCUT2D eigenvalue weighted by Crippen LogP contribution is -2.12. The van der Waals surface area contributed by atoms with Gasteiger partial charge in [0.1, 0.15) is 17.2 Å². The zero-order chi connectivity index (χ0) is 26.7. The lowest BCUT2D eigenvalue weighted by Gasteiger charge is -2.23. The van der Waals surface area contributed by atoms with Gasteiger partial charge in [-0.15, -0.1) is 0 Å². The molecule has 0 heterocycles. The van der Waals surface area contributed by atoms with Gasteiger partial charge in [-0.3, -0.25) is 0 Å². The summed E-state index contributed by atoms with van der Waals surface area (Å²) in [6, 6.07) is 23.1. The fourth-order valence-electron chi connectivity index (χ4n) is 4.71. The molecule has 1 aliphatic rings. The third kappa shape index (κ3) is 7.42. The second-order valence-electron chi connectivity index (χ2n) is 12.2. The van der Waals surface area contributed by atoms with Gasteiger partial charge in [0.15, 0.2) is 0 Å². The molecular weight excluding hydrogens is 479 g/mol. The first kappa shape index (κ1) is 27.3. The molecule has 4 rings (SSSR count). The van der Waals surface area contributed by atoms with E-state index in [0.717, 1.165) is 11.1 Å². The van der Waals surface area contributed by atoms with E-state index in [1.807, 2.05) is 60.7 Å². The molecule has 0 N–H and O–H groups in total. The second-order valence-corrected chi connectivity index (χ2v) is 13.6. The molecule has 0 bridgehead atoms. The molecule has 0 spiro atoms. The first-order valence-electron chi connectivity index (χ1n) is 13.4. The first-order chi connectivity index (χ1) is 17.4. The molecule has 37 heavy (non-hydrogen) atoms. The Morgan fingerprint density at radius 1 is 0.568 bits per heavy atom. The van der Waals surface area contributed by atoms with Crippen LogP contribution in [-0.4, -0.2) is 0 Å². The molecule has 3 aromatic rings. The average Bonchev–Trinajstić information content (AvgIpc) is 2.84. The third-order valence-corrected chi connectivity index (χ3v) is 8.35. The van der Waals surface area contributed by atoms with Crippen LogP contribution in [0.2, 0.25) is 0 Å². The number of hydrogen-bond donors (Lipinski definition) is 0. The highest BCUT2D eigenvalue weighted by molar-refractivity contribution is 7.49. The lowest BCUT2D eigenvalue weighted by atomic mass is 9.84. The molecule has 198 valence electrons. The monoisotopic (exact) mass is 520 g/mol. The van der Waals surface area contributed by atoms with Gasteiger partial charge in [-0.1, -0.05) is 97.2 Å². The summed E-state index contributed by atoms with van der Waals surface area (Å²) in [4.78, 5) is 0. The molecule has 1 fully saturated rings. The first-order valence-corrected chi connectivity index (χ1v) is 14.9. The molecule has 1 aliphatic carbocycles. The maximum atomic E-state index is 14.0. The Morgan fingerprint density at radius 2 is 0.919 bits per heavy atom. The largest absolute Gasteiger partial charge is 0.647 e. The molecular formula is C32H41O4P. The van der Waals surface area contributed by atoms with Crippen molar-refractivity contribution in [2.75, 3.05) is 0 Å². The van der Waals surface area contributed by atoms with E-state index in [1.165, 1.54) is 37.7 Å². The summed E-state index contributed by atoms with van der Waals surface area (Å²) >= 11 is 0. The van der Waals surface area contributed by atoms with E-state index in [4.69, 9.17) is 13.6 Å². The van der Waals surface area contributed by atoms with Crippen LogP contribution in [0, 0.1) is 0 Å². The van der Waals surface area contributed by atoms with Crippen molar-refractivity contribution in [3.05, 3.63) is 89.5 Å². The number of benzene rings is 3. The van der Waals surface area contributed by atoms with Crippen LogP contribution in [0.25, 0.3) is 0 Å². The van der Waals surface area contributed by atoms with Crippen LogP contribution in [0.4, 0.5) is 0 Å². The van der Waals surface area contributed by atoms with Crippen LogP contribution < -0.4 is 13.6 Å². The molecule has 0 unspecified atom stereocenters. The summed E-state index contributed by atoms with van der Waals surface area (Å²) in [6.07, 6.45) is 6.33. The van der Waals surface area contributed by atoms with Crippen molar-refractivity contribution in [3.8, 4) is 17.2 Å². The van der Waals surface area contributed by atoms with Crippen LogP contribution in [0.1, 0.15) is 96.3 Å². The molecule has 0 amide bonds. The minimum absolute atomic E-state index is 0.00407. The van der Waals surface area contributed by atoms with Crippen LogP contribution in [0.5, 0.6) is 17.2 Å². The van der Waals surface area contributed by atoms with Crippen LogP contribution >= 0.6 is 7.82 Å². The molecule has 0 radical (unpaired) electrons. The van der Waals surface area contributed by atoms with Crippen molar-refractivity contribution in [1.29, 1.82) is 0 Å². The number of phosphoric acid groups is 1. The van der Waals surface area contributed by atoms with E-state index >= 15 is 0 Å². The maximum absolute atomic E-state index is 14.0. The Kier molecular flexibility index (Phi) is 8.09. The Hall–Kier alpha value is -2.71. The predicted octanol–water partition coefficient (Wildman–Crippen LogP) is 9.97. The maximum Gasteiger partial charge on any atom is 0.647 e. The van der Waals surface area contributed by atoms with Crippen LogP contribution in [0.15, 0.2) is 72.8 Å². The predicted molar refractivity (Wildman–Crippen MR) is 152 cm³/mol. The normalized spacial score (nSPS) is 15.3. The lowest BCUT2D eigenvalue weighted by molar-refractivity contribution is 0.298. The van der Waals surface area contributed by atoms with E-state index in [2.05, 4.69) is 53.7 Å². The average molecular weight is 521 g/mol. The minimum atomic E-state index is -4.04. The Labute approximate surface area is 223 Å². The van der Waals surface area contributed by atoms with Crippen LogP contribution in [-0.2, 0) is 15.4 Å². The summed E-state index contributed by atoms with van der Waals surface area (Å²) in [5.41, 5.74) is 3.63. The summed E-state index contributed by atoms with van der Waals surface area (Å²) in [5, 5.41) is 0. The van der Waals surface area contributed by atoms with Crippen molar-refractivity contribution in [2.24, 2.45) is 0 Å². The minimum Gasteiger partial charge on any atom is -0.386 e. The zero-order valence-corrected chi connectivity index (χ0v) is 24.0. The van der Waals surface area contributed by atoms with Gasteiger partial charge in [-0.05, 0) is 82.7 Å². The topological polar surface area (TPSA) is 44.8 Å². The molecule has 5 heteroatoms. The van der Waals surface area contributed by atoms with Gasteiger partial charge in [0.05, 0.1) is 0 Å². The van der Waals surface area contributed by atoms with Gasteiger partial charge in [0.25, 0.3) is 0 Å². The summed E-state index contributed by atoms with van der Waals surface area (Å²) in [5.74, 6) is 1.91. The molecule has 1 saturated carbocycles. The highest BCUT2D eigenvalue weighted by Gasteiger charge is 2.33. The summed E-state index contributed by atoms with van der Waals surface area (Å²) in [6.45, 7) is 12.9. The standard InChI is InChI=1S/C32H41O4P/c1-31(2,3)26-14-20-29(21-15-26)35-37(33,36-30-22-16-27(17-23-30)32(4,5)6)34-28-18-12-25(13-19-28)24-10-8-7-9-11-24/h12-24H,7-11H2,1-6H3. The van der Waals surface area contributed by atoms with Gasteiger partial charge in [-0.2, -0.15) is 4.57 Å². The van der Waals surface area contributed by atoms with Crippen LogP contribution in [0.3, 0.4) is 0 Å². The number of phosphoric ester groups is 1. The molecule has 0 saturated heterocycles. The van der Waals surface area contributed by atoms with E-state index in [1.54, 1.807) is 0 Å². The van der Waals surface area contributed by atoms with Crippen molar-refractivity contribution >= 4 is 7.82 Å². The highest BCUT2D eigenvalue weighted by Crippen LogP contribution is 2.50. The fourth-order valence-corrected chi connectivity index (χ4v) is 5.96. The van der Waals surface area contributed by atoms with Crippen molar-refractivity contribution in [2.45, 2.75) is 90.4 Å². The van der Waals surface area contributed by atoms with E-state index in [9.17, 15) is 4.57 Å². The van der Waals surface area contributed by atoms with Gasteiger partial charge >= 0.3 is 7.82 Å². The third-order valence-electron chi connectivity index (χ3n) is 7.05. The molecule has 0 aliphatic heterocycles. The molecule has 3 aromatic carbocycles. The Morgan fingerprint density at radius 3 is 1.27 bits per heavy atom. The molecule has 0 atom stereocenters. The number of rotatable bonds is 7. The Balaban J connectivity index is 1.57. The fraction of sp³-hybridized carbons (Fsp3) is 0.438. The summed E-state index contributed by atoms with van der Waals surface area (Å²) < 4.78 is 31.8. The van der Waals surface area contributed by atoms with Gasteiger partial charge in [-0.25, -0.2) is 0 Å². The molecule has 4 nitrogen and oxygen atoms in total. The Bertz CT molecular complexity index is 1130. The van der Waals surface area contributed by atoms with Crippen molar-refractivity contribution in [1.82, 2.24) is 0 Å². The smallest absolute Gasteiger partial charge is 0.386 e. The molecule has 0 aromatic heterocycles.